The average Bonchev–Trinajstić information content (AvgIpc) is 2.44. The number of nitrogens with zero attached hydrogens (tertiary/aromatic N) is 1. The lowest BCUT2D eigenvalue weighted by Crippen LogP contribution is -2.28. The summed E-state index contributed by atoms with van der Waals surface area (Å²) in [6, 6.07) is 13.4. The summed E-state index contributed by atoms with van der Waals surface area (Å²) >= 11 is 0. The molecule has 0 aliphatic carbocycles. The van der Waals surface area contributed by atoms with Gasteiger partial charge in [0.2, 0.25) is 0 Å². The van der Waals surface area contributed by atoms with E-state index in [1.54, 1.807) is 0 Å². The largest absolute Gasteiger partial charge is 0.371 e. The van der Waals surface area contributed by atoms with Crippen LogP contribution in [0.3, 0.4) is 0 Å². The van der Waals surface area contributed by atoms with Crippen molar-refractivity contribution >= 4 is 16.5 Å². The summed E-state index contributed by atoms with van der Waals surface area (Å²) in [6.45, 7) is 5.07. The van der Waals surface area contributed by atoms with Gasteiger partial charge in [0.25, 0.3) is 0 Å². The molecular formula is C16H22N2. The zero-order chi connectivity index (χ0) is 13.1. The minimum absolute atomic E-state index is 0.539. The molecule has 0 spiro atoms. The molecule has 2 nitrogen and oxygen atoms in total. The average molecular weight is 242 g/mol. The van der Waals surface area contributed by atoms with Crippen LogP contribution in [0.15, 0.2) is 36.4 Å². The Hall–Kier alpha value is -1.54. The van der Waals surface area contributed by atoms with Crippen LogP contribution in [0, 0.1) is 0 Å². The van der Waals surface area contributed by atoms with Crippen LogP contribution < -0.4 is 10.6 Å². The standard InChI is InChI=1S/C16H22N2/c1-4-12(2)18(3)16-10-9-13(11-17)14-7-5-6-8-15(14)16/h5-10,12H,4,11,17H2,1-3H3. The Morgan fingerprint density at radius 3 is 2.39 bits per heavy atom. The Bertz CT molecular complexity index is 534. The molecule has 2 rings (SSSR count). The Balaban J connectivity index is 2.59. The smallest absolute Gasteiger partial charge is 0.0445 e. The highest BCUT2D eigenvalue weighted by Gasteiger charge is 2.12. The van der Waals surface area contributed by atoms with Gasteiger partial charge in [-0.2, -0.15) is 0 Å². The summed E-state index contributed by atoms with van der Waals surface area (Å²) in [5, 5.41) is 2.57. The molecule has 0 bridgehead atoms. The summed E-state index contributed by atoms with van der Waals surface area (Å²) in [5.41, 5.74) is 8.32. The first-order valence-electron chi connectivity index (χ1n) is 6.62. The molecule has 0 aromatic heterocycles. The topological polar surface area (TPSA) is 29.3 Å². The fourth-order valence-corrected chi connectivity index (χ4v) is 2.34. The van der Waals surface area contributed by atoms with Crippen molar-refractivity contribution in [2.75, 3.05) is 11.9 Å². The number of anilines is 1. The van der Waals surface area contributed by atoms with Gasteiger partial charge >= 0.3 is 0 Å². The van der Waals surface area contributed by atoms with Crippen LogP contribution in [0.1, 0.15) is 25.8 Å². The molecule has 0 radical (unpaired) electrons. The van der Waals surface area contributed by atoms with E-state index in [4.69, 9.17) is 5.73 Å². The zero-order valence-corrected chi connectivity index (χ0v) is 11.5. The molecule has 0 fully saturated rings. The third-order valence-corrected chi connectivity index (χ3v) is 3.84. The summed E-state index contributed by atoms with van der Waals surface area (Å²) in [7, 11) is 2.16. The highest BCUT2D eigenvalue weighted by Crippen LogP contribution is 2.30. The van der Waals surface area contributed by atoms with Crippen molar-refractivity contribution in [2.45, 2.75) is 32.9 Å². The lowest BCUT2D eigenvalue weighted by molar-refractivity contribution is 0.665. The molecule has 0 amide bonds. The highest BCUT2D eigenvalue weighted by molar-refractivity contribution is 5.96. The minimum Gasteiger partial charge on any atom is -0.371 e. The molecule has 0 saturated heterocycles. The third-order valence-electron chi connectivity index (χ3n) is 3.84. The van der Waals surface area contributed by atoms with Crippen molar-refractivity contribution in [1.82, 2.24) is 0 Å². The van der Waals surface area contributed by atoms with Crippen LogP contribution in [-0.2, 0) is 6.54 Å². The summed E-state index contributed by atoms with van der Waals surface area (Å²) in [5.74, 6) is 0. The van der Waals surface area contributed by atoms with Crippen LogP contribution in [0.25, 0.3) is 10.8 Å². The zero-order valence-electron chi connectivity index (χ0n) is 11.5. The van der Waals surface area contributed by atoms with E-state index in [2.05, 4.69) is 62.2 Å². The van der Waals surface area contributed by atoms with Crippen LogP contribution in [0.2, 0.25) is 0 Å². The van der Waals surface area contributed by atoms with Crippen LogP contribution in [0.4, 0.5) is 5.69 Å². The summed E-state index contributed by atoms with van der Waals surface area (Å²) in [6.07, 6.45) is 1.14. The predicted octanol–water partition coefficient (Wildman–Crippen LogP) is 3.53. The predicted molar refractivity (Wildman–Crippen MR) is 80.0 cm³/mol. The number of nitrogens with two attached hydrogens (primary N) is 1. The first-order chi connectivity index (χ1) is 8.69. The molecule has 0 heterocycles. The Kier molecular flexibility index (Phi) is 3.87. The molecule has 0 aliphatic heterocycles. The van der Waals surface area contributed by atoms with E-state index in [1.165, 1.54) is 22.0 Å². The molecular weight excluding hydrogens is 220 g/mol. The summed E-state index contributed by atoms with van der Waals surface area (Å²) in [4.78, 5) is 2.35. The number of hydrogen-bond donors (Lipinski definition) is 1. The Morgan fingerprint density at radius 1 is 1.11 bits per heavy atom. The van der Waals surface area contributed by atoms with Crippen LogP contribution >= 0.6 is 0 Å². The van der Waals surface area contributed by atoms with E-state index in [0.717, 1.165) is 6.42 Å². The van der Waals surface area contributed by atoms with Crippen molar-refractivity contribution in [3.8, 4) is 0 Å². The highest BCUT2D eigenvalue weighted by atomic mass is 15.1. The molecule has 0 saturated carbocycles. The van der Waals surface area contributed by atoms with Gasteiger partial charge in [-0.05, 0) is 30.4 Å². The van der Waals surface area contributed by atoms with Gasteiger partial charge in [0.1, 0.15) is 0 Å². The van der Waals surface area contributed by atoms with Gasteiger partial charge in [0, 0.05) is 30.7 Å². The van der Waals surface area contributed by atoms with E-state index in [0.29, 0.717) is 12.6 Å². The van der Waals surface area contributed by atoms with Gasteiger partial charge in [-0.3, -0.25) is 0 Å². The SMILES string of the molecule is CCC(C)N(C)c1ccc(CN)c2ccccc12. The lowest BCUT2D eigenvalue weighted by atomic mass is 10.0. The van der Waals surface area contributed by atoms with Gasteiger partial charge in [0.05, 0.1) is 0 Å². The van der Waals surface area contributed by atoms with E-state index < -0.39 is 0 Å². The second-order valence-corrected chi connectivity index (χ2v) is 4.86. The van der Waals surface area contributed by atoms with Crippen molar-refractivity contribution in [1.29, 1.82) is 0 Å². The first-order valence-corrected chi connectivity index (χ1v) is 6.62. The van der Waals surface area contributed by atoms with Gasteiger partial charge in [-0.1, -0.05) is 37.3 Å². The minimum atomic E-state index is 0.539. The lowest BCUT2D eigenvalue weighted by Gasteiger charge is -2.28. The number of rotatable bonds is 4. The molecule has 2 aromatic rings. The Morgan fingerprint density at radius 2 is 1.78 bits per heavy atom. The van der Waals surface area contributed by atoms with Crippen molar-refractivity contribution in [2.24, 2.45) is 5.73 Å². The molecule has 2 N–H and O–H groups in total. The Labute approximate surface area is 109 Å². The van der Waals surface area contributed by atoms with E-state index in [1.807, 2.05) is 0 Å². The molecule has 1 atom stereocenters. The number of fused-ring (bicyclic) bond motifs is 1. The summed E-state index contributed by atoms with van der Waals surface area (Å²) < 4.78 is 0. The van der Waals surface area contributed by atoms with E-state index >= 15 is 0 Å². The second-order valence-electron chi connectivity index (χ2n) is 4.86. The second kappa shape index (κ2) is 5.40. The van der Waals surface area contributed by atoms with E-state index in [-0.39, 0.29) is 0 Å². The number of benzene rings is 2. The van der Waals surface area contributed by atoms with Crippen molar-refractivity contribution < 1.29 is 0 Å². The van der Waals surface area contributed by atoms with Crippen LogP contribution in [-0.4, -0.2) is 13.1 Å². The quantitative estimate of drug-likeness (QED) is 0.888. The van der Waals surface area contributed by atoms with Crippen molar-refractivity contribution in [3.63, 3.8) is 0 Å². The number of hydrogen-bond acceptors (Lipinski definition) is 2. The van der Waals surface area contributed by atoms with Gasteiger partial charge in [-0.15, -0.1) is 0 Å². The third kappa shape index (κ3) is 2.21. The first kappa shape index (κ1) is 12.9. The normalized spacial score (nSPS) is 12.7. The van der Waals surface area contributed by atoms with Gasteiger partial charge in [0.15, 0.2) is 0 Å². The van der Waals surface area contributed by atoms with E-state index in [9.17, 15) is 0 Å². The molecule has 18 heavy (non-hydrogen) atoms. The maximum atomic E-state index is 5.81. The monoisotopic (exact) mass is 242 g/mol. The molecule has 96 valence electrons. The molecule has 0 aliphatic rings. The van der Waals surface area contributed by atoms with Gasteiger partial charge in [-0.25, -0.2) is 0 Å². The maximum absolute atomic E-state index is 5.81. The molecule has 2 aromatic carbocycles. The van der Waals surface area contributed by atoms with Crippen molar-refractivity contribution in [3.05, 3.63) is 42.0 Å². The fraction of sp³-hybridized carbons (Fsp3) is 0.375. The van der Waals surface area contributed by atoms with Crippen LogP contribution in [0.5, 0.6) is 0 Å². The molecule has 2 heteroatoms. The fourth-order valence-electron chi connectivity index (χ4n) is 2.34. The maximum Gasteiger partial charge on any atom is 0.0445 e. The van der Waals surface area contributed by atoms with Gasteiger partial charge < -0.3 is 10.6 Å². The molecule has 1 unspecified atom stereocenters.